The molecule has 0 saturated carbocycles. The van der Waals surface area contributed by atoms with Gasteiger partial charge in [0.15, 0.2) is 0 Å². The Morgan fingerprint density at radius 3 is 2.67 bits per heavy atom. The number of halogens is 2. The van der Waals surface area contributed by atoms with E-state index in [1.807, 2.05) is 31.2 Å². The summed E-state index contributed by atoms with van der Waals surface area (Å²) in [6.07, 6.45) is 0.942. The molecule has 0 heterocycles. The van der Waals surface area contributed by atoms with Gasteiger partial charge in [-0.25, -0.2) is 0 Å². The Kier molecular flexibility index (Phi) is 5.82. The second kappa shape index (κ2) is 7.61. The van der Waals surface area contributed by atoms with Crippen molar-refractivity contribution in [2.45, 2.75) is 13.3 Å². The van der Waals surface area contributed by atoms with Crippen LogP contribution < -0.4 is 10.1 Å². The van der Waals surface area contributed by atoms with Crippen molar-refractivity contribution in [3.8, 4) is 5.75 Å². The number of anilines is 1. The van der Waals surface area contributed by atoms with Crippen molar-refractivity contribution in [3.63, 3.8) is 0 Å². The second-order valence-electron chi connectivity index (χ2n) is 4.46. The van der Waals surface area contributed by atoms with Crippen LogP contribution in [0, 0.1) is 0 Å². The summed E-state index contributed by atoms with van der Waals surface area (Å²) >= 11 is 6.81. The number of carbonyl (C=O) groups is 1. The minimum atomic E-state index is -0.157. The van der Waals surface area contributed by atoms with Gasteiger partial charge in [-0.3, -0.25) is 4.79 Å². The first-order valence-electron chi connectivity index (χ1n) is 6.59. The van der Waals surface area contributed by atoms with Gasteiger partial charge in [-0.1, -0.05) is 28.9 Å². The van der Waals surface area contributed by atoms with Crippen molar-refractivity contribution < 1.29 is 9.53 Å². The van der Waals surface area contributed by atoms with Crippen LogP contribution in [0.3, 0.4) is 0 Å². The Morgan fingerprint density at radius 1 is 1.19 bits per heavy atom. The zero-order valence-corrected chi connectivity index (χ0v) is 14.7. The third kappa shape index (κ3) is 4.58. The zero-order valence-electron chi connectivity index (χ0n) is 11.5. The van der Waals surface area contributed by atoms with Crippen LogP contribution in [0.4, 0.5) is 5.69 Å². The van der Waals surface area contributed by atoms with Crippen molar-refractivity contribution in [3.05, 3.63) is 57.0 Å². The number of rotatable bonds is 5. The monoisotopic (exact) mass is 411 g/mol. The van der Waals surface area contributed by atoms with Gasteiger partial charge in [0.25, 0.3) is 5.91 Å². The maximum absolute atomic E-state index is 12.2. The van der Waals surface area contributed by atoms with E-state index in [0.29, 0.717) is 12.2 Å². The molecule has 0 spiro atoms. The van der Waals surface area contributed by atoms with E-state index in [4.69, 9.17) is 4.74 Å². The Bertz CT molecular complexity index is 644. The lowest BCUT2D eigenvalue weighted by molar-refractivity contribution is 0.102. The number of ether oxygens (including phenoxy) is 1. The molecular weight excluding hydrogens is 398 g/mol. The fourth-order valence-electron chi connectivity index (χ4n) is 1.74. The highest BCUT2D eigenvalue weighted by molar-refractivity contribution is 9.10. The van der Waals surface area contributed by atoms with Crippen molar-refractivity contribution in [2.24, 2.45) is 0 Å². The molecule has 3 nitrogen and oxygen atoms in total. The number of carbonyl (C=O) groups excluding carboxylic acids is 1. The van der Waals surface area contributed by atoms with E-state index in [2.05, 4.69) is 37.2 Å². The van der Waals surface area contributed by atoms with Crippen molar-refractivity contribution in [2.75, 3.05) is 11.9 Å². The molecule has 0 atom stereocenters. The van der Waals surface area contributed by atoms with Gasteiger partial charge in [-0.2, -0.15) is 0 Å². The van der Waals surface area contributed by atoms with E-state index in [0.717, 1.165) is 26.8 Å². The molecule has 2 aromatic carbocycles. The molecule has 0 aliphatic heterocycles. The van der Waals surface area contributed by atoms with E-state index in [9.17, 15) is 4.79 Å². The number of benzene rings is 2. The fraction of sp³-hybridized carbons (Fsp3) is 0.188. The van der Waals surface area contributed by atoms with Gasteiger partial charge in [-0.15, -0.1) is 0 Å². The molecule has 110 valence electrons. The third-order valence-electron chi connectivity index (χ3n) is 2.74. The second-order valence-corrected chi connectivity index (χ2v) is 6.23. The maximum Gasteiger partial charge on any atom is 0.255 e. The molecule has 21 heavy (non-hydrogen) atoms. The molecule has 0 aliphatic rings. The molecule has 0 aliphatic carbocycles. The maximum atomic E-state index is 12.2. The zero-order chi connectivity index (χ0) is 15.2. The minimum Gasteiger partial charge on any atom is -0.492 e. The molecule has 0 radical (unpaired) electrons. The molecular formula is C16H15Br2NO2. The summed E-state index contributed by atoms with van der Waals surface area (Å²) in [5.74, 6) is 0.590. The summed E-state index contributed by atoms with van der Waals surface area (Å²) in [5.41, 5.74) is 1.32. The minimum absolute atomic E-state index is 0.157. The molecule has 0 aromatic heterocycles. The molecule has 2 aromatic rings. The highest BCUT2D eigenvalue weighted by atomic mass is 79.9. The van der Waals surface area contributed by atoms with Crippen molar-refractivity contribution >= 4 is 43.5 Å². The van der Waals surface area contributed by atoms with Crippen molar-refractivity contribution in [1.82, 2.24) is 0 Å². The van der Waals surface area contributed by atoms with E-state index in [1.165, 1.54) is 0 Å². The van der Waals surface area contributed by atoms with E-state index in [-0.39, 0.29) is 5.91 Å². The number of hydrogen-bond donors (Lipinski definition) is 1. The van der Waals surface area contributed by atoms with Crippen LogP contribution >= 0.6 is 31.9 Å². The Balaban J connectivity index is 2.11. The first-order chi connectivity index (χ1) is 10.1. The standard InChI is InChI=1S/C16H15Br2NO2/c1-2-8-21-15-7-6-11(9-14(15)18)16(20)19-13-5-3-4-12(17)10-13/h3-7,9-10H,2,8H2,1H3,(H,19,20). The van der Waals surface area contributed by atoms with Crippen molar-refractivity contribution in [1.29, 1.82) is 0 Å². The Morgan fingerprint density at radius 2 is 2.00 bits per heavy atom. The molecule has 1 N–H and O–H groups in total. The molecule has 0 fully saturated rings. The SMILES string of the molecule is CCCOc1ccc(C(=O)Nc2cccc(Br)c2)cc1Br. The van der Waals surface area contributed by atoms with Gasteiger partial charge in [0.05, 0.1) is 11.1 Å². The summed E-state index contributed by atoms with van der Waals surface area (Å²) in [7, 11) is 0. The molecule has 0 bridgehead atoms. The van der Waals surface area contributed by atoms with Gasteiger partial charge in [0.2, 0.25) is 0 Å². The third-order valence-corrected chi connectivity index (χ3v) is 3.85. The topological polar surface area (TPSA) is 38.3 Å². The molecule has 1 amide bonds. The lowest BCUT2D eigenvalue weighted by Gasteiger charge is -2.09. The van der Waals surface area contributed by atoms with Gasteiger partial charge in [0.1, 0.15) is 5.75 Å². The first kappa shape index (κ1) is 16.0. The molecule has 0 saturated heterocycles. The smallest absolute Gasteiger partial charge is 0.255 e. The normalized spacial score (nSPS) is 10.2. The van der Waals surface area contributed by atoms with Crippen LogP contribution in [0.25, 0.3) is 0 Å². The highest BCUT2D eigenvalue weighted by Crippen LogP contribution is 2.26. The predicted molar refractivity (Wildman–Crippen MR) is 92.0 cm³/mol. The first-order valence-corrected chi connectivity index (χ1v) is 8.18. The van der Waals surface area contributed by atoms with E-state index < -0.39 is 0 Å². The Labute approximate surface area is 141 Å². The number of hydrogen-bond acceptors (Lipinski definition) is 2. The van der Waals surface area contributed by atoms with E-state index in [1.54, 1.807) is 18.2 Å². The molecule has 0 unspecified atom stereocenters. The quantitative estimate of drug-likeness (QED) is 0.727. The Hall–Kier alpha value is -1.33. The summed E-state index contributed by atoms with van der Waals surface area (Å²) in [6, 6.07) is 12.8. The van der Waals surface area contributed by atoms with Crippen LogP contribution in [0.2, 0.25) is 0 Å². The summed E-state index contributed by atoms with van der Waals surface area (Å²) in [5, 5.41) is 2.86. The van der Waals surface area contributed by atoms with Crippen LogP contribution in [-0.4, -0.2) is 12.5 Å². The average Bonchev–Trinajstić information content (AvgIpc) is 2.46. The van der Waals surface area contributed by atoms with Gasteiger partial charge in [0, 0.05) is 15.7 Å². The fourth-order valence-corrected chi connectivity index (χ4v) is 2.63. The summed E-state index contributed by atoms with van der Waals surface area (Å²) in [6.45, 7) is 2.70. The largest absolute Gasteiger partial charge is 0.492 e. The highest BCUT2D eigenvalue weighted by Gasteiger charge is 2.09. The van der Waals surface area contributed by atoms with Gasteiger partial charge in [-0.05, 0) is 58.7 Å². The van der Waals surface area contributed by atoms with Gasteiger partial charge < -0.3 is 10.1 Å². The predicted octanol–water partition coefficient (Wildman–Crippen LogP) is 5.25. The van der Waals surface area contributed by atoms with Crippen LogP contribution in [0.1, 0.15) is 23.7 Å². The lowest BCUT2D eigenvalue weighted by atomic mass is 10.2. The average molecular weight is 413 g/mol. The number of amides is 1. The molecule has 5 heteroatoms. The van der Waals surface area contributed by atoms with Crippen LogP contribution in [0.5, 0.6) is 5.75 Å². The number of nitrogens with one attached hydrogen (secondary N) is 1. The van der Waals surface area contributed by atoms with Gasteiger partial charge >= 0.3 is 0 Å². The van der Waals surface area contributed by atoms with Crippen LogP contribution in [0.15, 0.2) is 51.4 Å². The summed E-state index contributed by atoms with van der Waals surface area (Å²) in [4.78, 5) is 12.2. The molecule has 2 rings (SSSR count). The van der Waals surface area contributed by atoms with Crippen LogP contribution in [-0.2, 0) is 0 Å². The van der Waals surface area contributed by atoms with E-state index >= 15 is 0 Å². The lowest BCUT2D eigenvalue weighted by Crippen LogP contribution is -2.12. The summed E-state index contributed by atoms with van der Waals surface area (Å²) < 4.78 is 7.27.